The lowest BCUT2D eigenvalue weighted by Gasteiger charge is -2.58. The van der Waals surface area contributed by atoms with Crippen LogP contribution in [0.25, 0.3) is 0 Å². The zero-order chi connectivity index (χ0) is 38.8. The number of carbonyl (C=O) groups is 2. The Morgan fingerprint density at radius 3 is 2.20 bits per heavy atom. The second-order valence-electron chi connectivity index (χ2n) is 18.3. The Morgan fingerprint density at radius 1 is 0.852 bits per heavy atom. The van der Waals surface area contributed by atoms with E-state index in [1.54, 1.807) is 10.5 Å². The third-order valence-corrected chi connectivity index (χ3v) is 15.1. The Kier molecular flexibility index (Phi) is 20.1. The van der Waals surface area contributed by atoms with E-state index in [1.165, 1.54) is 103 Å². The number of hydrogen-bond donors (Lipinski definition) is 0. The largest absolute Gasteiger partial charge is 0.462 e. The lowest BCUT2D eigenvalue weighted by Crippen LogP contribution is -2.51. The molecule has 3 saturated carbocycles. The molecule has 4 aliphatic rings. The van der Waals surface area contributed by atoms with Crippen molar-refractivity contribution in [2.75, 3.05) is 31.5 Å². The van der Waals surface area contributed by atoms with Crippen LogP contribution in [0.3, 0.4) is 0 Å². The van der Waals surface area contributed by atoms with Gasteiger partial charge in [-0.25, -0.2) is 4.79 Å². The number of fused-ring (bicyclic) bond motifs is 5. The highest BCUT2D eigenvalue weighted by Crippen LogP contribution is 2.67. The highest BCUT2D eigenvalue weighted by Gasteiger charge is 2.59. The second kappa shape index (κ2) is 23.9. The van der Waals surface area contributed by atoms with Crippen LogP contribution in [0.4, 0.5) is 4.79 Å². The molecular formula is C47H79Cl2NO4. The molecule has 8 atom stereocenters. The first kappa shape index (κ1) is 45.5. The van der Waals surface area contributed by atoms with Crippen molar-refractivity contribution in [3.63, 3.8) is 0 Å². The maximum atomic E-state index is 12.9. The number of carbonyl (C=O) groups excluding carboxylic acids is 2. The van der Waals surface area contributed by atoms with Gasteiger partial charge in [0.1, 0.15) is 6.10 Å². The van der Waals surface area contributed by atoms with Gasteiger partial charge in [-0.05, 0) is 130 Å². The number of rotatable bonds is 25. The summed E-state index contributed by atoms with van der Waals surface area (Å²) >= 11 is 11.7. The Bertz CT molecular complexity index is 1170. The summed E-state index contributed by atoms with van der Waals surface area (Å²) in [5.41, 5.74) is 2.24. The molecular weight excluding hydrogens is 713 g/mol. The maximum Gasteiger partial charge on any atom is 0.409 e. The average molecular weight is 793 g/mol. The lowest BCUT2D eigenvalue weighted by molar-refractivity contribution is -0.151. The van der Waals surface area contributed by atoms with Gasteiger partial charge in [-0.1, -0.05) is 103 Å². The van der Waals surface area contributed by atoms with Crippen molar-refractivity contribution in [3.05, 3.63) is 23.8 Å². The quantitative estimate of drug-likeness (QED) is 0.0400. The number of nitrogens with zero attached hydrogens (tertiary/aromatic N) is 1. The van der Waals surface area contributed by atoms with Crippen molar-refractivity contribution in [2.24, 2.45) is 40.4 Å². The van der Waals surface area contributed by atoms with Crippen molar-refractivity contribution < 1.29 is 19.1 Å². The molecule has 1 unspecified atom stereocenters. The zero-order valence-corrected chi connectivity index (χ0v) is 36.6. The van der Waals surface area contributed by atoms with E-state index in [9.17, 15) is 9.59 Å². The normalized spacial score (nSPS) is 29.6. The molecule has 0 aromatic heterocycles. The molecule has 5 nitrogen and oxygen atoms in total. The first-order chi connectivity index (χ1) is 26.2. The monoisotopic (exact) mass is 792 g/mol. The molecule has 0 saturated heterocycles. The third kappa shape index (κ3) is 12.9. The van der Waals surface area contributed by atoms with Crippen LogP contribution in [-0.4, -0.2) is 54.5 Å². The molecule has 0 aliphatic heterocycles. The summed E-state index contributed by atoms with van der Waals surface area (Å²) in [5, 5.41) is 0. The van der Waals surface area contributed by atoms with Gasteiger partial charge in [0.05, 0.1) is 6.61 Å². The van der Waals surface area contributed by atoms with E-state index < -0.39 is 0 Å². The molecule has 310 valence electrons. The molecule has 1 amide bonds. The average Bonchev–Trinajstić information content (AvgIpc) is 3.52. The van der Waals surface area contributed by atoms with Gasteiger partial charge in [0.15, 0.2) is 0 Å². The van der Waals surface area contributed by atoms with E-state index in [0.717, 1.165) is 68.6 Å². The van der Waals surface area contributed by atoms with E-state index in [2.05, 4.69) is 45.9 Å². The van der Waals surface area contributed by atoms with Gasteiger partial charge in [-0.15, -0.1) is 23.2 Å². The van der Waals surface area contributed by atoms with Gasteiger partial charge >= 0.3 is 12.1 Å². The number of amides is 1. The highest BCUT2D eigenvalue weighted by atomic mass is 35.5. The summed E-state index contributed by atoms with van der Waals surface area (Å²) in [6.07, 6.45) is 35.8. The molecule has 0 radical (unpaired) electrons. The molecule has 4 aliphatic carbocycles. The SMILES string of the molecule is CCCCCCCC/C=C\CCCCCCCC(=O)O[C@H]1CC[C@@]2(C)C(=CC[C@H]3[C@@H]4CC[C@H](C(C)CCCOC(=O)N(CCCl)CCCl)[C@@]4(C)CC[C@@H]32)C1. The first-order valence-corrected chi connectivity index (χ1v) is 23.8. The lowest BCUT2D eigenvalue weighted by atomic mass is 9.47. The maximum absolute atomic E-state index is 12.9. The van der Waals surface area contributed by atoms with Crippen LogP contribution >= 0.6 is 23.2 Å². The minimum atomic E-state index is -0.297. The molecule has 0 N–H and O–H groups in total. The number of esters is 1. The summed E-state index contributed by atoms with van der Waals surface area (Å²) in [6, 6.07) is 0. The molecule has 0 aromatic rings. The number of halogens is 2. The second-order valence-corrected chi connectivity index (χ2v) is 19.0. The van der Waals surface area contributed by atoms with Crippen LogP contribution in [0.15, 0.2) is 23.8 Å². The summed E-state index contributed by atoms with van der Waals surface area (Å²) in [5.74, 6) is 4.46. The fourth-order valence-electron chi connectivity index (χ4n) is 11.6. The summed E-state index contributed by atoms with van der Waals surface area (Å²) in [7, 11) is 0. The number of allylic oxidation sites excluding steroid dienone is 3. The summed E-state index contributed by atoms with van der Waals surface area (Å²) in [6.45, 7) is 11.3. The molecule has 0 bridgehead atoms. The predicted molar refractivity (Wildman–Crippen MR) is 227 cm³/mol. The third-order valence-electron chi connectivity index (χ3n) is 14.8. The Morgan fingerprint density at radius 2 is 1.52 bits per heavy atom. The van der Waals surface area contributed by atoms with Gasteiger partial charge in [0.25, 0.3) is 0 Å². The van der Waals surface area contributed by atoms with Crippen LogP contribution in [0.2, 0.25) is 0 Å². The summed E-state index contributed by atoms with van der Waals surface area (Å²) < 4.78 is 11.7. The van der Waals surface area contributed by atoms with E-state index in [4.69, 9.17) is 32.7 Å². The van der Waals surface area contributed by atoms with Gasteiger partial charge in [-0.3, -0.25) is 4.79 Å². The smallest absolute Gasteiger partial charge is 0.409 e. The fraction of sp³-hybridized carbons (Fsp3) is 0.872. The number of hydrogen-bond acceptors (Lipinski definition) is 4. The summed E-state index contributed by atoms with van der Waals surface area (Å²) in [4.78, 5) is 26.9. The molecule has 3 fully saturated rings. The van der Waals surface area contributed by atoms with E-state index in [0.29, 0.717) is 49.2 Å². The van der Waals surface area contributed by atoms with Crippen molar-refractivity contribution in [2.45, 2.75) is 188 Å². The highest BCUT2D eigenvalue weighted by molar-refractivity contribution is 6.18. The Labute approximate surface area is 341 Å². The van der Waals surface area contributed by atoms with E-state index in [1.807, 2.05) is 0 Å². The van der Waals surface area contributed by atoms with Crippen LogP contribution in [0.1, 0.15) is 182 Å². The van der Waals surface area contributed by atoms with Crippen molar-refractivity contribution in [3.8, 4) is 0 Å². The fourth-order valence-corrected chi connectivity index (χ4v) is 12.1. The zero-order valence-electron chi connectivity index (χ0n) is 35.0. The minimum Gasteiger partial charge on any atom is -0.462 e. The van der Waals surface area contributed by atoms with Gasteiger partial charge < -0.3 is 14.4 Å². The predicted octanol–water partition coefficient (Wildman–Crippen LogP) is 13.8. The molecule has 0 spiro atoms. The topological polar surface area (TPSA) is 55.8 Å². The Hall–Kier alpha value is -1.20. The number of alkyl halides is 2. The van der Waals surface area contributed by atoms with Crippen LogP contribution in [-0.2, 0) is 14.3 Å². The van der Waals surface area contributed by atoms with Crippen LogP contribution in [0, 0.1) is 40.4 Å². The van der Waals surface area contributed by atoms with E-state index >= 15 is 0 Å². The standard InChI is InChI=1S/C47H79Cl2NO4/c1-5-6-7-8-9-10-11-12-13-14-15-16-17-18-19-22-44(51)54-39-27-29-46(3)38(36-39)23-24-40-42-26-25-41(47(42,4)30-28-43(40)46)37(2)21-20-35-53-45(52)50(33-31-48)34-32-49/h12-13,23,37,39-43H,5-11,14-22,24-36H2,1-4H3/b13-12-/t37?,39-,40-,41+,42-,43-,46-,47+/m0/s1. The molecule has 7 heteroatoms. The van der Waals surface area contributed by atoms with Gasteiger partial charge in [0.2, 0.25) is 0 Å². The molecule has 0 heterocycles. The van der Waals surface area contributed by atoms with E-state index in [-0.39, 0.29) is 23.6 Å². The van der Waals surface area contributed by atoms with Gasteiger partial charge in [-0.2, -0.15) is 0 Å². The van der Waals surface area contributed by atoms with Crippen molar-refractivity contribution in [1.29, 1.82) is 0 Å². The molecule has 54 heavy (non-hydrogen) atoms. The minimum absolute atomic E-state index is 0.0212. The van der Waals surface area contributed by atoms with Crippen molar-refractivity contribution in [1.82, 2.24) is 4.90 Å². The Balaban J connectivity index is 1.13. The van der Waals surface area contributed by atoms with Crippen molar-refractivity contribution >= 4 is 35.3 Å². The molecule has 0 aromatic carbocycles. The van der Waals surface area contributed by atoms with Crippen LogP contribution in [0.5, 0.6) is 0 Å². The first-order valence-electron chi connectivity index (χ1n) is 22.8. The van der Waals surface area contributed by atoms with Gasteiger partial charge in [0, 0.05) is 37.7 Å². The number of unbranched alkanes of at least 4 members (excludes halogenated alkanes) is 11. The molecule has 4 rings (SSSR count). The number of ether oxygens (including phenoxy) is 2. The van der Waals surface area contributed by atoms with Crippen LogP contribution < -0.4 is 0 Å².